The summed E-state index contributed by atoms with van der Waals surface area (Å²) < 4.78 is 5.78. The maximum absolute atomic E-state index is 5.78. The predicted molar refractivity (Wildman–Crippen MR) is 56.5 cm³/mol. The molecule has 1 nitrogen and oxygen atoms in total. The Labute approximate surface area is 78.7 Å². The van der Waals surface area contributed by atoms with Gasteiger partial charge in [0.25, 0.3) is 0 Å². The van der Waals surface area contributed by atoms with Crippen LogP contribution in [0.25, 0.3) is 0 Å². The van der Waals surface area contributed by atoms with Crippen LogP contribution in [0, 0.1) is 0 Å². The second kappa shape index (κ2) is 4.42. The van der Waals surface area contributed by atoms with E-state index in [-0.39, 0.29) is 9.52 Å². The summed E-state index contributed by atoms with van der Waals surface area (Å²) in [7, 11) is -0.0288. The first kappa shape index (κ1) is 10.3. The molecule has 0 saturated carbocycles. The van der Waals surface area contributed by atoms with Crippen LogP contribution in [-0.2, 0) is 4.74 Å². The van der Waals surface area contributed by atoms with Crippen LogP contribution < -0.4 is 0 Å². The Hall–Kier alpha value is 0.177. The van der Waals surface area contributed by atoms with Gasteiger partial charge in [-0.05, 0) is 24.3 Å². The van der Waals surface area contributed by atoms with Crippen molar-refractivity contribution in [1.82, 2.24) is 0 Å². The van der Waals surface area contributed by atoms with Gasteiger partial charge in [0.15, 0.2) is 0 Å². The molecule has 0 aromatic carbocycles. The molecule has 12 heavy (non-hydrogen) atoms. The molecular weight excluding hydrogens is 164 g/mol. The molecule has 0 bridgehead atoms. The van der Waals surface area contributed by atoms with Gasteiger partial charge in [-0.25, -0.2) is 0 Å². The molecule has 1 aliphatic rings. The van der Waals surface area contributed by atoms with Crippen molar-refractivity contribution >= 4 is 9.52 Å². The highest BCUT2D eigenvalue weighted by molar-refractivity contribution is 6.41. The van der Waals surface area contributed by atoms with Gasteiger partial charge in [0.2, 0.25) is 0 Å². The topological polar surface area (TPSA) is 9.23 Å². The zero-order chi connectivity index (χ0) is 9.03. The van der Waals surface area contributed by atoms with Crippen LogP contribution in [0.2, 0.25) is 5.04 Å². The first-order valence-electron chi connectivity index (χ1n) is 5.26. The van der Waals surface area contributed by atoms with E-state index >= 15 is 0 Å². The summed E-state index contributed by atoms with van der Waals surface area (Å²) in [5.41, 5.74) is 0.689. The Morgan fingerprint density at radius 2 is 2.17 bits per heavy atom. The van der Waals surface area contributed by atoms with Crippen molar-refractivity contribution in [3.8, 4) is 0 Å². The highest BCUT2D eigenvalue weighted by atomic mass is 28.2. The molecule has 1 unspecified atom stereocenters. The molecule has 1 fully saturated rings. The predicted octanol–water partition coefficient (Wildman–Crippen LogP) is 2.29. The smallest absolute Gasteiger partial charge is 0.0616 e. The summed E-state index contributed by atoms with van der Waals surface area (Å²) in [6.45, 7) is 8.13. The van der Waals surface area contributed by atoms with Crippen LogP contribution in [0.1, 0.15) is 46.5 Å². The van der Waals surface area contributed by atoms with E-state index in [1.807, 2.05) is 0 Å². The maximum atomic E-state index is 5.78. The fraction of sp³-hybridized carbons (Fsp3) is 1.00. The van der Waals surface area contributed by atoms with Gasteiger partial charge in [0.1, 0.15) is 0 Å². The van der Waals surface area contributed by atoms with Crippen LogP contribution in [0.5, 0.6) is 0 Å². The molecule has 0 aliphatic carbocycles. The Bertz CT molecular complexity index is 128. The van der Waals surface area contributed by atoms with Crippen molar-refractivity contribution in [3.05, 3.63) is 0 Å². The normalized spacial score (nSPS) is 26.8. The SMILES string of the molecule is CCC(C)(C)[SiH2]C1CCCCO1. The minimum atomic E-state index is -0.0288. The third-order valence-electron chi connectivity index (χ3n) is 3.01. The number of rotatable bonds is 3. The van der Waals surface area contributed by atoms with E-state index in [1.165, 1.54) is 25.7 Å². The van der Waals surface area contributed by atoms with Crippen LogP contribution in [-0.4, -0.2) is 21.9 Å². The van der Waals surface area contributed by atoms with Gasteiger partial charge in [0.05, 0.1) is 9.52 Å². The van der Waals surface area contributed by atoms with Crippen molar-refractivity contribution in [2.45, 2.75) is 57.2 Å². The van der Waals surface area contributed by atoms with Crippen molar-refractivity contribution in [3.63, 3.8) is 0 Å². The average Bonchev–Trinajstić information content (AvgIpc) is 2.06. The molecule has 0 radical (unpaired) electrons. The van der Waals surface area contributed by atoms with Gasteiger partial charge in [-0.15, -0.1) is 0 Å². The minimum absolute atomic E-state index is 0.0288. The molecule has 1 heterocycles. The van der Waals surface area contributed by atoms with E-state index < -0.39 is 0 Å². The number of hydrogen-bond acceptors (Lipinski definition) is 1. The van der Waals surface area contributed by atoms with E-state index in [4.69, 9.17) is 4.74 Å². The standard InChI is InChI=1S/C10H22OSi/c1-4-10(2,3)12-9-7-5-6-8-11-9/h9H,4-8,12H2,1-3H3. The fourth-order valence-electron chi connectivity index (χ4n) is 1.73. The Morgan fingerprint density at radius 3 is 2.67 bits per heavy atom. The van der Waals surface area contributed by atoms with Gasteiger partial charge >= 0.3 is 0 Å². The fourth-order valence-corrected chi connectivity index (χ4v) is 4.03. The molecule has 0 amide bonds. The van der Waals surface area contributed by atoms with Crippen LogP contribution in [0.3, 0.4) is 0 Å². The van der Waals surface area contributed by atoms with Crippen molar-refractivity contribution in [2.24, 2.45) is 0 Å². The quantitative estimate of drug-likeness (QED) is 0.615. The summed E-state index contributed by atoms with van der Waals surface area (Å²) in [4.78, 5) is 0. The van der Waals surface area contributed by atoms with Crippen LogP contribution >= 0.6 is 0 Å². The first-order chi connectivity index (χ1) is 5.64. The van der Waals surface area contributed by atoms with Crippen LogP contribution in [0.15, 0.2) is 0 Å². The number of ether oxygens (including phenoxy) is 1. The lowest BCUT2D eigenvalue weighted by Gasteiger charge is -2.30. The van der Waals surface area contributed by atoms with Crippen molar-refractivity contribution in [1.29, 1.82) is 0 Å². The third kappa shape index (κ3) is 3.28. The van der Waals surface area contributed by atoms with Crippen molar-refractivity contribution < 1.29 is 4.74 Å². The molecular formula is C10H22OSi. The zero-order valence-electron chi connectivity index (χ0n) is 8.73. The average molecular weight is 186 g/mol. The van der Waals surface area contributed by atoms with Crippen LogP contribution in [0.4, 0.5) is 0 Å². The van der Waals surface area contributed by atoms with Gasteiger partial charge in [-0.3, -0.25) is 0 Å². The summed E-state index contributed by atoms with van der Waals surface area (Å²) in [6.07, 6.45) is 5.35. The second-order valence-corrected chi connectivity index (χ2v) is 7.94. The lowest BCUT2D eigenvalue weighted by molar-refractivity contribution is 0.0632. The van der Waals surface area contributed by atoms with E-state index in [0.717, 1.165) is 6.61 Å². The molecule has 0 aromatic rings. The highest BCUT2D eigenvalue weighted by Gasteiger charge is 2.24. The molecule has 0 aromatic heterocycles. The minimum Gasteiger partial charge on any atom is -0.382 e. The van der Waals surface area contributed by atoms with Crippen molar-refractivity contribution in [2.75, 3.05) is 6.61 Å². The molecule has 0 spiro atoms. The first-order valence-corrected chi connectivity index (χ1v) is 6.78. The van der Waals surface area contributed by atoms with Gasteiger partial charge in [0, 0.05) is 12.3 Å². The molecule has 1 aliphatic heterocycles. The molecule has 72 valence electrons. The Morgan fingerprint density at radius 1 is 1.42 bits per heavy atom. The third-order valence-corrected chi connectivity index (χ3v) is 5.72. The lowest BCUT2D eigenvalue weighted by Crippen LogP contribution is -2.31. The summed E-state index contributed by atoms with van der Waals surface area (Å²) >= 11 is 0. The monoisotopic (exact) mass is 186 g/mol. The number of hydrogen-bond donors (Lipinski definition) is 0. The summed E-state index contributed by atoms with van der Waals surface area (Å²) in [6, 6.07) is 0. The van der Waals surface area contributed by atoms with Gasteiger partial charge < -0.3 is 4.74 Å². The van der Waals surface area contributed by atoms with E-state index in [1.54, 1.807) is 0 Å². The molecule has 1 saturated heterocycles. The van der Waals surface area contributed by atoms with E-state index in [9.17, 15) is 0 Å². The molecule has 2 heteroatoms. The highest BCUT2D eigenvalue weighted by Crippen LogP contribution is 2.30. The largest absolute Gasteiger partial charge is 0.382 e. The van der Waals surface area contributed by atoms with Gasteiger partial charge in [-0.2, -0.15) is 0 Å². The summed E-state index contributed by atoms with van der Waals surface area (Å²) in [5, 5.41) is 0.613. The molecule has 0 N–H and O–H groups in total. The summed E-state index contributed by atoms with van der Waals surface area (Å²) in [5.74, 6) is 0. The van der Waals surface area contributed by atoms with Gasteiger partial charge in [-0.1, -0.05) is 27.2 Å². The zero-order valence-corrected chi connectivity index (χ0v) is 10.1. The molecule has 1 rings (SSSR count). The second-order valence-electron chi connectivity index (χ2n) is 4.71. The maximum Gasteiger partial charge on any atom is 0.0616 e. The van der Waals surface area contributed by atoms with E-state index in [2.05, 4.69) is 20.8 Å². The Balaban J connectivity index is 2.28. The van der Waals surface area contributed by atoms with E-state index in [0.29, 0.717) is 10.8 Å². The Kier molecular flexibility index (Phi) is 3.78. The lowest BCUT2D eigenvalue weighted by atomic mass is 10.1. The molecule has 1 atom stereocenters.